The Balaban J connectivity index is 4.09. The summed E-state index contributed by atoms with van der Waals surface area (Å²) in [6, 6.07) is -0.719. The average Bonchev–Trinajstić information content (AvgIpc) is 2.34. The Bertz CT molecular complexity index is 266. The molecule has 0 saturated heterocycles. The number of carbonyl (C=O) groups is 2. The van der Waals surface area contributed by atoms with Gasteiger partial charge in [0.05, 0.1) is 13.2 Å². The highest BCUT2D eigenvalue weighted by molar-refractivity contribution is 5.81. The second kappa shape index (κ2) is 10.6. The van der Waals surface area contributed by atoms with Gasteiger partial charge in [-0.2, -0.15) is 0 Å². The van der Waals surface area contributed by atoms with Crippen molar-refractivity contribution in [2.45, 2.75) is 45.6 Å². The molecule has 0 fully saturated rings. The fraction of sp³-hybridized carbons (Fsp3) is 0.692. The Kier molecular flexibility index (Phi) is 9.73. The van der Waals surface area contributed by atoms with Crippen LogP contribution >= 0.6 is 0 Å². The molecule has 0 aromatic rings. The fourth-order valence-electron chi connectivity index (χ4n) is 1.32. The lowest BCUT2D eigenvalue weighted by Gasteiger charge is -2.15. The quantitative estimate of drug-likeness (QED) is 0.391. The molecule has 1 atom stereocenters. The predicted molar refractivity (Wildman–Crippen MR) is 69.2 cm³/mol. The lowest BCUT2D eigenvalue weighted by Crippen LogP contribution is -2.41. The molecule has 104 valence electrons. The number of amides is 1. The van der Waals surface area contributed by atoms with Crippen molar-refractivity contribution < 1.29 is 19.1 Å². The maximum absolute atomic E-state index is 11.7. The molecule has 0 aliphatic heterocycles. The minimum Gasteiger partial charge on any atom is -0.464 e. The molecule has 0 radical (unpaired) electrons. The molecular formula is C13H23NO4. The van der Waals surface area contributed by atoms with Crippen molar-refractivity contribution in [3.8, 4) is 0 Å². The van der Waals surface area contributed by atoms with Gasteiger partial charge >= 0.3 is 12.1 Å². The molecule has 0 aliphatic carbocycles. The van der Waals surface area contributed by atoms with Gasteiger partial charge in [0, 0.05) is 0 Å². The Morgan fingerprint density at radius 3 is 2.56 bits per heavy atom. The van der Waals surface area contributed by atoms with Crippen LogP contribution in [-0.4, -0.2) is 31.3 Å². The molecule has 0 rings (SSSR count). The first-order valence-corrected chi connectivity index (χ1v) is 6.36. The molecule has 0 spiro atoms. The van der Waals surface area contributed by atoms with Gasteiger partial charge in [-0.1, -0.05) is 25.8 Å². The van der Waals surface area contributed by atoms with Gasteiger partial charge in [0.15, 0.2) is 0 Å². The smallest absolute Gasteiger partial charge is 0.407 e. The second-order valence-electron chi connectivity index (χ2n) is 3.82. The van der Waals surface area contributed by atoms with E-state index in [1.165, 1.54) is 0 Å². The summed E-state index contributed by atoms with van der Waals surface area (Å²) >= 11 is 0. The van der Waals surface area contributed by atoms with Crippen molar-refractivity contribution in [1.29, 1.82) is 0 Å². The monoisotopic (exact) mass is 257 g/mol. The van der Waals surface area contributed by atoms with Gasteiger partial charge in [0.25, 0.3) is 0 Å². The van der Waals surface area contributed by atoms with E-state index in [1.807, 2.05) is 0 Å². The molecule has 0 saturated carbocycles. The van der Waals surface area contributed by atoms with Crippen molar-refractivity contribution in [1.82, 2.24) is 5.32 Å². The van der Waals surface area contributed by atoms with Crippen molar-refractivity contribution in [3.63, 3.8) is 0 Å². The number of ether oxygens (including phenoxy) is 2. The highest BCUT2D eigenvalue weighted by Gasteiger charge is 2.21. The van der Waals surface area contributed by atoms with Crippen molar-refractivity contribution in [2.75, 3.05) is 13.2 Å². The van der Waals surface area contributed by atoms with E-state index in [4.69, 9.17) is 9.47 Å². The second-order valence-corrected chi connectivity index (χ2v) is 3.82. The lowest BCUT2D eigenvalue weighted by molar-refractivity contribution is -0.146. The van der Waals surface area contributed by atoms with Crippen LogP contribution in [0.2, 0.25) is 0 Å². The number of carbonyl (C=O) groups excluding carboxylic acids is 2. The summed E-state index contributed by atoms with van der Waals surface area (Å²) in [6.07, 6.45) is 4.19. The van der Waals surface area contributed by atoms with Crippen molar-refractivity contribution in [3.05, 3.63) is 12.7 Å². The van der Waals surface area contributed by atoms with Crippen LogP contribution in [0.3, 0.4) is 0 Å². The van der Waals surface area contributed by atoms with Gasteiger partial charge in [-0.15, -0.1) is 6.58 Å². The van der Waals surface area contributed by atoms with Gasteiger partial charge in [0.1, 0.15) is 6.04 Å². The number of hydrogen-bond donors (Lipinski definition) is 1. The molecule has 1 amide bonds. The molecule has 1 N–H and O–H groups in total. The number of esters is 1. The van der Waals surface area contributed by atoms with Crippen LogP contribution in [0, 0.1) is 0 Å². The minimum atomic E-state index is -0.719. The minimum absolute atomic E-state index is 0.262. The molecule has 0 bridgehead atoms. The van der Waals surface area contributed by atoms with E-state index in [0.717, 1.165) is 19.3 Å². The Morgan fingerprint density at radius 2 is 2.00 bits per heavy atom. The molecule has 0 aliphatic rings. The first kappa shape index (κ1) is 16.5. The molecule has 0 aromatic heterocycles. The van der Waals surface area contributed by atoms with Crippen LogP contribution in [0.5, 0.6) is 0 Å². The van der Waals surface area contributed by atoms with Crippen LogP contribution in [0.1, 0.15) is 39.5 Å². The standard InChI is InChI=1S/C13H23NO4/c1-4-7-8-10-18-12(15)11(9-5-2)14-13(16)17-6-3/h5,11H,2,4,6-10H2,1,3H3,(H,14,16). The summed E-state index contributed by atoms with van der Waals surface area (Å²) in [4.78, 5) is 22.9. The highest BCUT2D eigenvalue weighted by atomic mass is 16.6. The van der Waals surface area contributed by atoms with Crippen LogP contribution in [0.25, 0.3) is 0 Å². The largest absolute Gasteiger partial charge is 0.464 e. The summed E-state index contributed by atoms with van der Waals surface area (Å²) in [5.74, 6) is -0.445. The summed E-state index contributed by atoms with van der Waals surface area (Å²) in [6.45, 7) is 7.96. The zero-order valence-corrected chi connectivity index (χ0v) is 11.2. The molecule has 18 heavy (non-hydrogen) atoms. The van der Waals surface area contributed by atoms with Gasteiger partial charge in [0.2, 0.25) is 0 Å². The zero-order valence-electron chi connectivity index (χ0n) is 11.2. The van der Waals surface area contributed by atoms with E-state index in [2.05, 4.69) is 18.8 Å². The third kappa shape index (κ3) is 7.70. The van der Waals surface area contributed by atoms with Crippen LogP contribution < -0.4 is 5.32 Å². The number of alkyl carbamates (subject to hydrolysis) is 1. The van der Waals surface area contributed by atoms with Crippen LogP contribution in [-0.2, 0) is 14.3 Å². The van der Waals surface area contributed by atoms with E-state index in [-0.39, 0.29) is 6.61 Å². The summed E-state index contributed by atoms with van der Waals surface area (Å²) in [5, 5.41) is 2.45. The Hall–Kier alpha value is -1.52. The average molecular weight is 257 g/mol. The van der Waals surface area contributed by atoms with Gasteiger partial charge in [-0.3, -0.25) is 0 Å². The van der Waals surface area contributed by atoms with E-state index in [0.29, 0.717) is 13.0 Å². The molecular weight excluding hydrogens is 234 g/mol. The lowest BCUT2D eigenvalue weighted by atomic mass is 10.2. The normalized spacial score (nSPS) is 11.4. The maximum Gasteiger partial charge on any atom is 0.407 e. The topological polar surface area (TPSA) is 64.6 Å². The predicted octanol–water partition coefficient (Wildman–Crippen LogP) is 2.41. The maximum atomic E-state index is 11.7. The third-order valence-electron chi connectivity index (χ3n) is 2.25. The number of hydrogen-bond acceptors (Lipinski definition) is 4. The highest BCUT2D eigenvalue weighted by Crippen LogP contribution is 2.00. The summed E-state index contributed by atoms with van der Waals surface area (Å²) < 4.78 is 9.80. The summed E-state index contributed by atoms with van der Waals surface area (Å²) in [7, 11) is 0. The van der Waals surface area contributed by atoms with Crippen molar-refractivity contribution in [2.24, 2.45) is 0 Å². The molecule has 0 heterocycles. The molecule has 5 heteroatoms. The van der Waals surface area contributed by atoms with Crippen LogP contribution in [0.15, 0.2) is 12.7 Å². The van der Waals surface area contributed by atoms with E-state index in [1.54, 1.807) is 13.0 Å². The van der Waals surface area contributed by atoms with E-state index < -0.39 is 18.1 Å². The Morgan fingerprint density at radius 1 is 1.28 bits per heavy atom. The third-order valence-corrected chi connectivity index (χ3v) is 2.25. The molecule has 1 unspecified atom stereocenters. The van der Waals surface area contributed by atoms with Gasteiger partial charge in [-0.25, -0.2) is 9.59 Å². The van der Waals surface area contributed by atoms with E-state index in [9.17, 15) is 9.59 Å². The first-order chi connectivity index (χ1) is 8.65. The van der Waals surface area contributed by atoms with E-state index >= 15 is 0 Å². The van der Waals surface area contributed by atoms with Gasteiger partial charge in [-0.05, 0) is 19.8 Å². The fourth-order valence-corrected chi connectivity index (χ4v) is 1.32. The number of nitrogens with one attached hydrogen (secondary N) is 1. The zero-order chi connectivity index (χ0) is 13.8. The SMILES string of the molecule is C=CCC(NC(=O)OCC)C(=O)OCCCCC. The first-order valence-electron chi connectivity index (χ1n) is 6.36. The molecule has 0 aromatic carbocycles. The molecule has 5 nitrogen and oxygen atoms in total. The van der Waals surface area contributed by atoms with Crippen LogP contribution in [0.4, 0.5) is 4.79 Å². The Labute approximate surface area is 109 Å². The summed E-state index contributed by atoms with van der Waals surface area (Å²) in [5.41, 5.74) is 0. The van der Waals surface area contributed by atoms with Crippen molar-refractivity contribution >= 4 is 12.1 Å². The number of unbranched alkanes of at least 4 members (excludes halogenated alkanes) is 2. The number of rotatable bonds is 9. The van der Waals surface area contributed by atoms with Gasteiger partial charge < -0.3 is 14.8 Å².